The highest BCUT2D eigenvalue weighted by atomic mass is 35.5. The predicted octanol–water partition coefficient (Wildman–Crippen LogP) is 1.62. The summed E-state index contributed by atoms with van der Waals surface area (Å²) in [6.45, 7) is 4.58. The van der Waals surface area contributed by atoms with Crippen LogP contribution in [0.1, 0.15) is 37.6 Å². The lowest BCUT2D eigenvalue weighted by Crippen LogP contribution is -2.44. The molecule has 2 atom stereocenters. The van der Waals surface area contributed by atoms with Gasteiger partial charge in [0, 0.05) is 24.1 Å². The van der Waals surface area contributed by atoms with Gasteiger partial charge in [0.2, 0.25) is 5.91 Å². The Labute approximate surface area is 155 Å². The standard InChI is InChI=1S/C17H23ClF2N2O4/c1-9(7-21-15(25)6-14(24)17(2,3)8-23)22-16(26)10-4-11(18)13(20)5-12(10)19/h4-5,9,14,23-24H,6-8H2,1-3H3,(H,21,25)(H,22,26). The van der Waals surface area contributed by atoms with Gasteiger partial charge in [0.1, 0.15) is 11.6 Å². The molecule has 26 heavy (non-hydrogen) atoms. The van der Waals surface area contributed by atoms with Gasteiger partial charge in [-0.3, -0.25) is 9.59 Å². The minimum atomic E-state index is -1.05. The Kier molecular flexibility index (Phi) is 7.92. The van der Waals surface area contributed by atoms with E-state index in [1.807, 2.05) is 0 Å². The number of nitrogens with one attached hydrogen (secondary N) is 2. The van der Waals surface area contributed by atoms with Crippen LogP contribution in [0.25, 0.3) is 0 Å². The molecule has 0 fully saturated rings. The van der Waals surface area contributed by atoms with Gasteiger partial charge in [0.25, 0.3) is 5.91 Å². The van der Waals surface area contributed by atoms with Crippen molar-refractivity contribution < 1.29 is 28.6 Å². The molecule has 2 amide bonds. The zero-order valence-electron chi connectivity index (χ0n) is 14.8. The average Bonchev–Trinajstić information content (AvgIpc) is 2.56. The minimum absolute atomic E-state index is 0.0351. The van der Waals surface area contributed by atoms with E-state index in [9.17, 15) is 23.5 Å². The lowest BCUT2D eigenvalue weighted by atomic mass is 9.85. The van der Waals surface area contributed by atoms with E-state index >= 15 is 0 Å². The Morgan fingerprint density at radius 1 is 1.27 bits per heavy atom. The van der Waals surface area contributed by atoms with Gasteiger partial charge in [0.05, 0.1) is 29.7 Å². The molecule has 0 bridgehead atoms. The fourth-order valence-electron chi connectivity index (χ4n) is 1.95. The Bertz CT molecular complexity index is 670. The Hall–Kier alpha value is -1.77. The first-order valence-electron chi connectivity index (χ1n) is 7.99. The molecule has 0 spiro atoms. The molecule has 0 heterocycles. The van der Waals surface area contributed by atoms with E-state index in [4.69, 9.17) is 16.7 Å². The molecule has 6 nitrogen and oxygen atoms in total. The number of hydrogen-bond donors (Lipinski definition) is 4. The second-order valence-electron chi connectivity index (χ2n) is 6.79. The van der Waals surface area contributed by atoms with E-state index in [1.165, 1.54) is 0 Å². The van der Waals surface area contributed by atoms with Gasteiger partial charge >= 0.3 is 0 Å². The molecule has 0 aromatic heterocycles. The second-order valence-corrected chi connectivity index (χ2v) is 7.20. The number of benzene rings is 1. The summed E-state index contributed by atoms with van der Waals surface area (Å²) in [7, 11) is 0. The van der Waals surface area contributed by atoms with Crippen molar-refractivity contribution in [2.45, 2.75) is 39.3 Å². The third-order valence-corrected chi connectivity index (χ3v) is 4.22. The fraction of sp³-hybridized carbons (Fsp3) is 0.529. The molecule has 0 radical (unpaired) electrons. The molecule has 0 saturated carbocycles. The summed E-state index contributed by atoms with van der Waals surface area (Å²) < 4.78 is 26.8. The lowest BCUT2D eigenvalue weighted by Gasteiger charge is -2.27. The van der Waals surface area contributed by atoms with Crippen molar-refractivity contribution in [3.8, 4) is 0 Å². The molecule has 2 unspecified atom stereocenters. The SMILES string of the molecule is CC(CNC(=O)CC(O)C(C)(C)CO)NC(=O)c1cc(Cl)c(F)cc1F. The topological polar surface area (TPSA) is 98.7 Å². The monoisotopic (exact) mass is 392 g/mol. The maximum absolute atomic E-state index is 13.7. The first-order valence-corrected chi connectivity index (χ1v) is 8.36. The maximum atomic E-state index is 13.7. The van der Waals surface area contributed by atoms with Crippen LogP contribution in [0, 0.1) is 17.0 Å². The molecule has 1 aromatic rings. The van der Waals surface area contributed by atoms with Crippen LogP contribution in [-0.4, -0.2) is 47.3 Å². The smallest absolute Gasteiger partial charge is 0.254 e. The quantitative estimate of drug-likeness (QED) is 0.505. The number of carbonyl (C=O) groups is 2. The Morgan fingerprint density at radius 3 is 2.46 bits per heavy atom. The summed E-state index contributed by atoms with van der Waals surface area (Å²) in [4.78, 5) is 23.8. The number of halogens is 3. The predicted molar refractivity (Wildman–Crippen MR) is 92.8 cm³/mol. The number of hydrogen-bond acceptors (Lipinski definition) is 4. The average molecular weight is 393 g/mol. The third-order valence-electron chi connectivity index (χ3n) is 3.93. The van der Waals surface area contributed by atoms with Crippen molar-refractivity contribution in [1.29, 1.82) is 0 Å². The van der Waals surface area contributed by atoms with Gasteiger partial charge in [-0.1, -0.05) is 25.4 Å². The second kappa shape index (κ2) is 9.25. The molecule has 0 aliphatic heterocycles. The van der Waals surface area contributed by atoms with E-state index in [1.54, 1.807) is 20.8 Å². The summed E-state index contributed by atoms with van der Waals surface area (Å²) in [5.74, 6) is -3.27. The van der Waals surface area contributed by atoms with Crippen LogP contribution >= 0.6 is 11.6 Å². The van der Waals surface area contributed by atoms with Crippen LogP contribution in [-0.2, 0) is 4.79 Å². The maximum Gasteiger partial charge on any atom is 0.254 e. The van der Waals surface area contributed by atoms with E-state index < -0.39 is 46.6 Å². The van der Waals surface area contributed by atoms with E-state index in [0.717, 1.165) is 6.07 Å². The molecule has 9 heteroatoms. The summed E-state index contributed by atoms with van der Waals surface area (Å²) in [6, 6.07) is 0.853. The van der Waals surface area contributed by atoms with Crippen molar-refractivity contribution in [2.24, 2.45) is 5.41 Å². The van der Waals surface area contributed by atoms with Gasteiger partial charge in [-0.15, -0.1) is 0 Å². The van der Waals surface area contributed by atoms with Crippen molar-refractivity contribution >= 4 is 23.4 Å². The van der Waals surface area contributed by atoms with Crippen LogP contribution < -0.4 is 10.6 Å². The van der Waals surface area contributed by atoms with E-state index in [0.29, 0.717) is 6.07 Å². The van der Waals surface area contributed by atoms with Gasteiger partial charge in [0.15, 0.2) is 0 Å². The molecular weight excluding hydrogens is 370 g/mol. The molecule has 146 valence electrons. The van der Waals surface area contributed by atoms with Crippen LogP contribution in [0.2, 0.25) is 5.02 Å². The van der Waals surface area contributed by atoms with Crippen LogP contribution in [0.3, 0.4) is 0 Å². The highest BCUT2D eigenvalue weighted by molar-refractivity contribution is 6.31. The number of carbonyl (C=O) groups excluding carboxylic acids is 2. The summed E-state index contributed by atoms with van der Waals surface area (Å²) >= 11 is 5.55. The van der Waals surface area contributed by atoms with Gasteiger partial charge in [-0.05, 0) is 13.0 Å². The molecule has 1 aromatic carbocycles. The van der Waals surface area contributed by atoms with Crippen molar-refractivity contribution in [1.82, 2.24) is 10.6 Å². The molecule has 0 saturated heterocycles. The Morgan fingerprint density at radius 2 is 1.88 bits per heavy atom. The highest BCUT2D eigenvalue weighted by Crippen LogP contribution is 2.22. The number of amides is 2. The molecule has 0 aliphatic rings. The molecular formula is C17H23ClF2N2O4. The Balaban J connectivity index is 2.54. The zero-order chi connectivity index (χ0) is 20.1. The molecule has 0 aliphatic carbocycles. The first-order chi connectivity index (χ1) is 12.0. The highest BCUT2D eigenvalue weighted by Gasteiger charge is 2.29. The summed E-state index contributed by atoms with van der Waals surface area (Å²) in [6.07, 6.45) is -1.25. The zero-order valence-corrected chi connectivity index (χ0v) is 15.5. The van der Waals surface area contributed by atoms with E-state index in [2.05, 4.69) is 10.6 Å². The van der Waals surface area contributed by atoms with Crippen molar-refractivity contribution in [2.75, 3.05) is 13.2 Å². The van der Waals surface area contributed by atoms with Crippen LogP contribution in [0.15, 0.2) is 12.1 Å². The largest absolute Gasteiger partial charge is 0.396 e. The van der Waals surface area contributed by atoms with Gasteiger partial charge in [-0.2, -0.15) is 0 Å². The summed E-state index contributed by atoms with van der Waals surface area (Å²) in [5, 5.41) is 23.7. The lowest BCUT2D eigenvalue weighted by molar-refractivity contribution is -0.125. The van der Waals surface area contributed by atoms with Crippen LogP contribution in [0.5, 0.6) is 0 Å². The fourth-order valence-corrected chi connectivity index (χ4v) is 2.11. The number of aliphatic hydroxyl groups is 2. The first kappa shape index (κ1) is 22.3. The minimum Gasteiger partial charge on any atom is -0.396 e. The van der Waals surface area contributed by atoms with Crippen molar-refractivity contribution in [3.63, 3.8) is 0 Å². The van der Waals surface area contributed by atoms with E-state index in [-0.39, 0.29) is 24.6 Å². The number of rotatable bonds is 8. The van der Waals surface area contributed by atoms with Gasteiger partial charge < -0.3 is 20.8 Å². The molecule has 1 rings (SSSR count). The molecule has 4 N–H and O–H groups in total. The third kappa shape index (κ3) is 6.19. The number of aliphatic hydroxyl groups excluding tert-OH is 2. The van der Waals surface area contributed by atoms with Gasteiger partial charge in [-0.25, -0.2) is 8.78 Å². The summed E-state index contributed by atoms with van der Waals surface area (Å²) in [5.41, 5.74) is -1.23. The van der Waals surface area contributed by atoms with Crippen molar-refractivity contribution in [3.05, 3.63) is 34.4 Å². The normalized spacial score (nSPS) is 13.8. The van der Waals surface area contributed by atoms with Crippen LogP contribution in [0.4, 0.5) is 8.78 Å².